The number of aromatic nitrogens is 2. The van der Waals surface area contributed by atoms with Crippen molar-refractivity contribution < 1.29 is 9.47 Å². The maximum atomic E-state index is 5.96. The minimum Gasteiger partial charge on any atom is -0.439 e. The number of fused-ring (bicyclic) bond motifs is 1. The predicted molar refractivity (Wildman–Crippen MR) is 76.3 cm³/mol. The van der Waals surface area contributed by atoms with Crippen LogP contribution < -0.4 is 4.74 Å². The van der Waals surface area contributed by atoms with Gasteiger partial charge in [-0.25, -0.2) is 4.98 Å². The maximum Gasteiger partial charge on any atom is 0.224 e. The highest BCUT2D eigenvalue weighted by molar-refractivity contribution is 6.29. The Balaban J connectivity index is 1.83. The quantitative estimate of drug-likeness (QED) is 0.808. The summed E-state index contributed by atoms with van der Waals surface area (Å²) in [5, 5.41) is 0.350. The van der Waals surface area contributed by atoms with Crippen LogP contribution in [0.15, 0.2) is 24.3 Å². The van der Waals surface area contributed by atoms with Crippen molar-refractivity contribution in [1.82, 2.24) is 9.97 Å². The summed E-state index contributed by atoms with van der Waals surface area (Å²) in [6.45, 7) is 0.307. The molecule has 0 saturated carbocycles. The molecule has 5 heteroatoms. The molecule has 0 unspecified atom stereocenters. The summed E-state index contributed by atoms with van der Waals surface area (Å²) >= 11 is 5.96. The van der Waals surface area contributed by atoms with E-state index in [1.165, 1.54) is 17.5 Å². The number of benzene rings is 1. The molecule has 2 aromatic rings. The minimum absolute atomic E-state index is 0.307. The highest BCUT2D eigenvalue weighted by Gasteiger charge is 2.12. The smallest absolute Gasteiger partial charge is 0.224 e. The van der Waals surface area contributed by atoms with Gasteiger partial charge in [-0.3, -0.25) is 0 Å². The highest BCUT2D eigenvalue weighted by Crippen LogP contribution is 2.28. The second-order valence-corrected chi connectivity index (χ2v) is 5.15. The number of rotatable bonds is 4. The lowest BCUT2D eigenvalue weighted by atomic mass is 10.1. The molecule has 0 saturated heterocycles. The summed E-state index contributed by atoms with van der Waals surface area (Å²) in [4.78, 5) is 8.34. The van der Waals surface area contributed by atoms with Gasteiger partial charge in [0.15, 0.2) is 5.82 Å². The van der Waals surface area contributed by atoms with Crippen LogP contribution in [0.1, 0.15) is 23.4 Å². The van der Waals surface area contributed by atoms with Gasteiger partial charge in [0.2, 0.25) is 5.88 Å². The molecule has 1 aromatic carbocycles. The first-order valence-electron chi connectivity index (χ1n) is 6.56. The van der Waals surface area contributed by atoms with Gasteiger partial charge in [0.1, 0.15) is 17.5 Å². The number of methoxy groups -OCH3 is 1. The second-order valence-electron chi connectivity index (χ2n) is 4.76. The number of hydrogen-bond acceptors (Lipinski definition) is 4. The monoisotopic (exact) mass is 290 g/mol. The third-order valence-electron chi connectivity index (χ3n) is 3.28. The molecular weight excluding hydrogens is 276 g/mol. The van der Waals surface area contributed by atoms with E-state index in [9.17, 15) is 0 Å². The van der Waals surface area contributed by atoms with Crippen LogP contribution in [-0.4, -0.2) is 17.1 Å². The van der Waals surface area contributed by atoms with Crippen LogP contribution >= 0.6 is 11.6 Å². The Kier molecular flexibility index (Phi) is 3.85. The lowest BCUT2D eigenvalue weighted by molar-refractivity contribution is 0.177. The van der Waals surface area contributed by atoms with Crippen molar-refractivity contribution in [3.05, 3.63) is 46.4 Å². The van der Waals surface area contributed by atoms with Crippen LogP contribution in [0.25, 0.3) is 0 Å². The largest absolute Gasteiger partial charge is 0.439 e. The van der Waals surface area contributed by atoms with Crippen molar-refractivity contribution in [3.63, 3.8) is 0 Å². The maximum absolute atomic E-state index is 5.96. The van der Waals surface area contributed by atoms with Gasteiger partial charge in [-0.2, -0.15) is 4.98 Å². The van der Waals surface area contributed by atoms with Crippen LogP contribution in [0.4, 0.5) is 0 Å². The number of halogens is 1. The number of ether oxygens (including phenoxy) is 2. The number of hydrogen-bond donors (Lipinski definition) is 0. The Morgan fingerprint density at radius 3 is 2.85 bits per heavy atom. The standard InChI is InChI=1S/C15H15ClN2O2/c1-19-9-14-17-13(16)8-15(18-14)20-12-6-5-10-3-2-4-11(10)7-12/h5-8H,2-4,9H2,1H3. The van der Waals surface area contributed by atoms with E-state index in [4.69, 9.17) is 21.1 Å². The van der Waals surface area contributed by atoms with E-state index < -0.39 is 0 Å². The summed E-state index contributed by atoms with van der Waals surface area (Å²) in [7, 11) is 1.59. The molecule has 0 spiro atoms. The van der Waals surface area contributed by atoms with Crippen LogP contribution in [0.2, 0.25) is 5.15 Å². The van der Waals surface area contributed by atoms with Gasteiger partial charge in [0.25, 0.3) is 0 Å². The van der Waals surface area contributed by atoms with E-state index in [0.717, 1.165) is 18.6 Å². The lowest BCUT2D eigenvalue weighted by Crippen LogP contribution is -1.99. The Hall–Kier alpha value is -1.65. The molecule has 0 radical (unpaired) electrons. The highest BCUT2D eigenvalue weighted by atomic mass is 35.5. The molecule has 1 aromatic heterocycles. The molecule has 1 aliphatic rings. The molecule has 3 rings (SSSR count). The summed E-state index contributed by atoms with van der Waals surface area (Å²) in [5.41, 5.74) is 2.78. The third kappa shape index (κ3) is 2.92. The Morgan fingerprint density at radius 1 is 1.15 bits per heavy atom. The van der Waals surface area contributed by atoms with Crippen molar-refractivity contribution in [2.45, 2.75) is 25.9 Å². The number of nitrogens with zero attached hydrogens (tertiary/aromatic N) is 2. The molecule has 0 N–H and O–H groups in total. The molecular formula is C15H15ClN2O2. The Bertz CT molecular complexity index is 631. The molecule has 104 valence electrons. The van der Waals surface area contributed by atoms with Gasteiger partial charge in [-0.05, 0) is 42.5 Å². The second kappa shape index (κ2) is 5.77. The fourth-order valence-corrected chi connectivity index (χ4v) is 2.61. The fourth-order valence-electron chi connectivity index (χ4n) is 2.42. The lowest BCUT2D eigenvalue weighted by Gasteiger charge is -2.08. The zero-order valence-corrected chi connectivity index (χ0v) is 12.0. The van der Waals surface area contributed by atoms with Crippen LogP contribution in [-0.2, 0) is 24.2 Å². The molecule has 0 bridgehead atoms. The van der Waals surface area contributed by atoms with E-state index in [0.29, 0.717) is 23.5 Å². The molecule has 4 nitrogen and oxygen atoms in total. The summed E-state index contributed by atoms with van der Waals surface area (Å²) < 4.78 is 10.8. The number of aryl methyl sites for hydroxylation is 2. The summed E-state index contributed by atoms with van der Waals surface area (Å²) in [6.07, 6.45) is 3.50. The summed E-state index contributed by atoms with van der Waals surface area (Å²) in [5.74, 6) is 1.73. The van der Waals surface area contributed by atoms with Crippen LogP contribution in [0.5, 0.6) is 11.6 Å². The molecule has 1 heterocycles. The normalized spacial score (nSPS) is 13.3. The summed E-state index contributed by atoms with van der Waals surface area (Å²) in [6, 6.07) is 7.77. The topological polar surface area (TPSA) is 44.2 Å². The van der Waals surface area contributed by atoms with Gasteiger partial charge in [0, 0.05) is 13.2 Å². The average Bonchev–Trinajstić information content (AvgIpc) is 2.85. The zero-order chi connectivity index (χ0) is 13.9. The van der Waals surface area contributed by atoms with Gasteiger partial charge >= 0.3 is 0 Å². The van der Waals surface area contributed by atoms with E-state index in [1.807, 2.05) is 6.07 Å². The van der Waals surface area contributed by atoms with Gasteiger partial charge < -0.3 is 9.47 Å². The molecule has 0 aliphatic heterocycles. The first kappa shape index (κ1) is 13.3. The molecule has 0 fully saturated rings. The average molecular weight is 291 g/mol. The molecule has 0 atom stereocenters. The Labute approximate surface area is 122 Å². The van der Waals surface area contributed by atoms with E-state index in [-0.39, 0.29) is 0 Å². The first-order chi connectivity index (χ1) is 9.74. The van der Waals surface area contributed by atoms with Crippen molar-refractivity contribution in [1.29, 1.82) is 0 Å². The molecule has 1 aliphatic carbocycles. The van der Waals surface area contributed by atoms with Gasteiger partial charge in [0.05, 0.1) is 0 Å². The minimum atomic E-state index is 0.307. The van der Waals surface area contributed by atoms with Crippen LogP contribution in [0, 0.1) is 0 Å². The predicted octanol–water partition coefficient (Wildman–Crippen LogP) is 3.56. The van der Waals surface area contributed by atoms with Crippen molar-refractivity contribution in [3.8, 4) is 11.6 Å². The fraction of sp³-hybridized carbons (Fsp3) is 0.333. The van der Waals surface area contributed by atoms with E-state index >= 15 is 0 Å². The third-order valence-corrected chi connectivity index (χ3v) is 3.48. The van der Waals surface area contributed by atoms with Crippen molar-refractivity contribution in [2.24, 2.45) is 0 Å². The molecule has 0 amide bonds. The SMILES string of the molecule is COCc1nc(Cl)cc(Oc2ccc3c(c2)CCC3)n1. The van der Waals surface area contributed by atoms with Crippen molar-refractivity contribution >= 4 is 11.6 Å². The van der Waals surface area contributed by atoms with E-state index in [2.05, 4.69) is 22.1 Å². The van der Waals surface area contributed by atoms with Gasteiger partial charge in [-0.1, -0.05) is 17.7 Å². The van der Waals surface area contributed by atoms with Crippen molar-refractivity contribution in [2.75, 3.05) is 7.11 Å². The molecule has 20 heavy (non-hydrogen) atoms. The van der Waals surface area contributed by atoms with Gasteiger partial charge in [-0.15, -0.1) is 0 Å². The van der Waals surface area contributed by atoms with E-state index in [1.54, 1.807) is 13.2 Å². The Morgan fingerprint density at radius 2 is 2.00 bits per heavy atom. The zero-order valence-electron chi connectivity index (χ0n) is 11.2. The van der Waals surface area contributed by atoms with Crippen LogP contribution in [0.3, 0.4) is 0 Å². The first-order valence-corrected chi connectivity index (χ1v) is 6.94.